The SMILES string of the molecule is COc1ccc(-c2cccc(C3=NN(C(=O)CCC(=O)O)C(c4ccc5nccnc5c4)C3)c2)cc1. The highest BCUT2D eigenvalue weighted by Gasteiger charge is 2.33. The van der Waals surface area contributed by atoms with Gasteiger partial charge in [-0.15, -0.1) is 0 Å². The van der Waals surface area contributed by atoms with Gasteiger partial charge in [-0.3, -0.25) is 19.6 Å². The Morgan fingerprint density at radius 1 is 0.917 bits per heavy atom. The number of ether oxygens (including phenoxy) is 1. The van der Waals surface area contributed by atoms with Gasteiger partial charge in [0.1, 0.15) is 5.75 Å². The van der Waals surface area contributed by atoms with Crippen molar-refractivity contribution in [1.82, 2.24) is 15.0 Å². The fourth-order valence-corrected chi connectivity index (χ4v) is 4.35. The Morgan fingerprint density at radius 2 is 1.67 bits per heavy atom. The zero-order valence-electron chi connectivity index (χ0n) is 19.7. The van der Waals surface area contributed by atoms with Crippen LogP contribution in [-0.2, 0) is 9.59 Å². The van der Waals surface area contributed by atoms with Gasteiger partial charge in [-0.2, -0.15) is 5.10 Å². The number of aliphatic carboxylic acids is 1. The minimum atomic E-state index is -1.02. The molecule has 0 spiro atoms. The molecule has 1 N–H and O–H groups in total. The molecule has 0 aliphatic carbocycles. The van der Waals surface area contributed by atoms with Crippen LogP contribution in [0.4, 0.5) is 0 Å². The second kappa shape index (κ2) is 9.95. The molecule has 3 aromatic carbocycles. The Bertz CT molecular complexity index is 1470. The maximum Gasteiger partial charge on any atom is 0.303 e. The zero-order chi connectivity index (χ0) is 25.1. The summed E-state index contributed by atoms with van der Waals surface area (Å²) in [7, 11) is 1.63. The highest BCUT2D eigenvalue weighted by Crippen LogP contribution is 2.35. The van der Waals surface area contributed by atoms with E-state index in [0.717, 1.165) is 44.7 Å². The molecule has 0 bridgehead atoms. The fraction of sp³-hybridized carbons (Fsp3) is 0.179. The third-order valence-corrected chi connectivity index (χ3v) is 6.22. The summed E-state index contributed by atoms with van der Waals surface area (Å²) < 4.78 is 5.26. The van der Waals surface area contributed by atoms with Crippen molar-refractivity contribution in [3.63, 3.8) is 0 Å². The van der Waals surface area contributed by atoms with Gasteiger partial charge in [0.25, 0.3) is 0 Å². The Hall–Kier alpha value is -4.59. The Labute approximate surface area is 207 Å². The predicted molar refractivity (Wildman–Crippen MR) is 136 cm³/mol. The lowest BCUT2D eigenvalue weighted by Gasteiger charge is -2.22. The monoisotopic (exact) mass is 480 g/mol. The predicted octanol–water partition coefficient (Wildman–Crippen LogP) is 4.85. The average molecular weight is 481 g/mol. The molecule has 1 unspecified atom stereocenters. The average Bonchev–Trinajstić information content (AvgIpc) is 3.37. The third-order valence-electron chi connectivity index (χ3n) is 6.22. The first-order valence-electron chi connectivity index (χ1n) is 11.6. The molecular formula is C28H24N4O4. The number of rotatable bonds is 7. The van der Waals surface area contributed by atoms with Gasteiger partial charge in [-0.25, -0.2) is 5.01 Å². The van der Waals surface area contributed by atoms with Crippen molar-refractivity contribution in [1.29, 1.82) is 0 Å². The van der Waals surface area contributed by atoms with E-state index in [1.807, 2.05) is 60.7 Å². The van der Waals surface area contributed by atoms with Gasteiger partial charge < -0.3 is 9.84 Å². The molecule has 8 heteroatoms. The molecule has 36 heavy (non-hydrogen) atoms. The number of hydrazone groups is 1. The van der Waals surface area contributed by atoms with E-state index < -0.39 is 5.97 Å². The van der Waals surface area contributed by atoms with Crippen LogP contribution in [0.3, 0.4) is 0 Å². The molecule has 8 nitrogen and oxygen atoms in total. The van der Waals surface area contributed by atoms with Gasteiger partial charge in [0.05, 0.1) is 36.3 Å². The molecular weight excluding hydrogens is 456 g/mol. The number of carbonyl (C=O) groups excluding carboxylic acids is 1. The normalized spacial score (nSPS) is 15.1. The van der Waals surface area contributed by atoms with Gasteiger partial charge in [0.2, 0.25) is 5.91 Å². The first-order chi connectivity index (χ1) is 17.5. The second-order valence-electron chi connectivity index (χ2n) is 8.51. The molecule has 0 saturated heterocycles. The number of hydrogen-bond donors (Lipinski definition) is 1. The molecule has 5 rings (SSSR count). The number of nitrogens with zero attached hydrogens (tertiary/aromatic N) is 4. The van der Waals surface area contributed by atoms with Crippen molar-refractivity contribution in [3.05, 3.63) is 90.3 Å². The van der Waals surface area contributed by atoms with Gasteiger partial charge in [-0.1, -0.05) is 36.4 Å². The Kier molecular flexibility index (Phi) is 6.40. The van der Waals surface area contributed by atoms with Crippen LogP contribution in [-0.4, -0.2) is 44.8 Å². The summed E-state index contributed by atoms with van der Waals surface area (Å²) >= 11 is 0. The van der Waals surface area contributed by atoms with Crippen LogP contribution in [0.2, 0.25) is 0 Å². The molecule has 0 saturated carbocycles. The standard InChI is InChI=1S/C28H24N4O4/c1-36-22-8-5-18(6-9-22)19-3-2-4-20(15-19)24-17-26(32(31-24)27(33)11-12-28(34)35)21-7-10-23-25(16-21)30-14-13-29-23/h2-10,13-16,26H,11-12,17H2,1H3,(H,34,35). The quantitative estimate of drug-likeness (QED) is 0.406. The van der Waals surface area contributed by atoms with E-state index in [1.165, 1.54) is 5.01 Å². The van der Waals surface area contributed by atoms with Crippen LogP contribution >= 0.6 is 0 Å². The highest BCUT2D eigenvalue weighted by atomic mass is 16.5. The van der Waals surface area contributed by atoms with Crippen LogP contribution in [0.15, 0.2) is 84.2 Å². The molecule has 0 fully saturated rings. The van der Waals surface area contributed by atoms with E-state index in [4.69, 9.17) is 9.84 Å². The molecule has 1 atom stereocenters. The number of fused-ring (bicyclic) bond motifs is 1. The summed E-state index contributed by atoms with van der Waals surface area (Å²) in [6.45, 7) is 0. The largest absolute Gasteiger partial charge is 0.497 e. The van der Waals surface area contributed by atoms with E-state index >= 15 is 0 Å². The lowest BCUT2D eigenvalue weighted by Crippen LogP contribution is -2.27. The number of aromatic nitrogens is 2. The second-order valence-corrected chi connectivity index (χ2v) is 8.51. The summed E-state index contributed by atoms with van der Waals surface area (Å²) in [5.74, 6) is -0.562. The van der Waals surface area contributed by atoms with E-state index in [-0.39, 0.29) is 24.8 Å². The molecule has 180 valence electrons. The van der Waals surface area contributed by atoms with Crippen LogP contribution in [0, 0.1) is 0 Å². The van der Waals surface area contributed by atoms with E-state index in [0.29, 0.717) is 6.42 Å². The first-order valence-corrected chi connectivity index (χ1v) is 11.6. The summed E-state index contributed by atoms with van der Waals surface area (Å²) in [5.41, 5.74) is 6.08. The molecule has 2 heterocycles. The number of benzene rings is 3. The summed E-state index contributed by atoms with van der Waals surface area (Å²) in [6.07, 6.45) is 3.39. The third kappa shape index (κ3) is 4.79. The van der Waals surface area contributed by atoms with Crippen molar-refractivity contribution >= 4 is 28.6 Å². The van der Waals surface area contributed by atoms with Crippen molar-refractivity contribution in [2.45, 2.75) is 25.3 Å². The smallest absolute Gasteiger partial charge is 0.303 e. The number of amides is 1. The Balaban J connectivity index is 1.48. The van der Waals surface area contributed by atoms with Gasteiger partial charge in [0, 0.05) is 25.2 Å². The molecule has 1 aromatic heterocycles. The topological polar surface area (TPSA) is 105 Å². The minimum Gasteiger partial charge on any atom is -0.497 e. The van der Waals surface area contributed by atoms with E-state index in [2.05, 4.69) is 21.1 Å². The van der Waals surface area contributed by atoms with Crippen LogP contribution in [0.5, 0.6) is 5.75 Å². The van der Waals surface area contributed by atoms with Crippen LogP contribution < -0.4 is 4.74 Å². The lowest BCUT2D eigenvalue weighted by atomic mass is 9.95. The molecule has 1 aliphatic heterocycles. The summed E-state index contributed by atoms with van der Waals surface area (Å²) in [5, 5.41) is 15.2. The highest BCUT2D eigenvalue weighted by molar-refractivity contribution is 6.04. The van der Waals surface area contributed by atoms with Gasteiger partial charge in [-0.05, 0) is 52.6 Å². The fourth-order valence-electron chi connectivity index (χ4n) is 4.35. The number of carboxylic acids is 1. The zero-order valence-corrected chi connectivity index (χ0v) is 19.7. The van der Waals surface area contributed by atoms with E-state index in [9.17, 15) is 9.59 Å². The van der Waals surface area contributed by atoms with Crippen molar-refractivity contribution in [2.75, 3.05) is 7.11 Å². The molecule has 0 radical (unpaired) electrons. The number of hydrogen-bond acceptors (Lipinski definition) is 6. The van der Waals surface area contributed by atoms with Crippen LogP contribution in [0.25, 0.3) is 22.2 Å². The van der Waals surface area contributed by atoms with Gasteiger partial charge in [0.15, 0.2) is 0 Å². The first kappa shape index (κ1) is 23.2. The number of methoxy groups -OCH3 is 1. The molecule has 1 aliphatic rings. The summed E-state index contributed by atoms with van der Waals surface area (Å²) in [4.78, 5) is 32.8. The van der Waals surface area contributed by atoms with Crippen LogP contribution in [0.1, 0.15) is 36.4 Å². The number of carboxylic acid groups (broad SMARTS) is 1. The maximum atomic E-state index is 13.0. The van der Waals surface area contributed by atoms with E-state index in [1.54, 1.807) is 19.5 Å². The Morgan fingerprint density at radius 3 is 2.42 bits per heavy atom. The molecule has 1 amide bonds. The van der Waals surface area contributed by atoms with Crippen molar-refractivity contribution in [3.8, 4) is 16.9 Å². The molecule has 4 aromatic rings. The minimum absolute atomic E-state index is 0.123. The lowest BCUT2D eigenvalue weighted by molar-refractivity contribution is -0.141. The van der Waals surface area contributed by atoms with Gasteiger partial charge >= 0.3 is 5.97 Å². The summed E-state index contributed by atoms with van der Waals surface area (Å²) in [6, 6.07) is 21.2. The van der Waals surface area contributed by atoms with Crippen molar-refractivity contribution < 1.29 is 19.4 Å². The maximum absolute atomic E-state index is 13.0. The van der Waals surface area contributed by atoms with Crippen molar-refractivity contribution in [2.24, 2.45) is 5.10 Å². The number of carbonyl (C=O) groups is 2.